The lowest BCUT2D eigenvalue weighted by Crippen LogP contribution is -2.00. The van der Waals surface area contributed by atoms with E-state index in [1.165, 1.54) is 60.8 Å². The van der Waals surface area contributed by atoms with Gasteiger partial charge in [-0.15, -0.1) is 0 Å². The van der Waals surface area contributed by atoms with Gasteiger partial charge in [-0.05, 0) is 121 Å². The number of aromatic nitrogens is 1. The van der Waals surface area contributed by atoms with Gasteiger partial charge in [-0.2, -0.15) is 0 Å². The van der Waals surface area contributed by atoms with Crippen LogP contribution >= 0.6 is 0 Å². The normalized spacial score (nSPS) is 14.1. The maximum Gasteiger partial charge on any atom is 0.227 e. The summed E-state index contributed by atoms with van der Waals surface area (Å²) in [5, 5.41) is 4.87. The van der Waals surface area contributed by atoms with Crippen molar-refractivity contribution in [2.75, 3.05) is 0 Å². The monoisotopic (exact) mass is 649 g/mol. The maximum atomic E-state index is 6.43. The van der Waals surface area contributed by atoms with Gasteiger partial charge in [-0.1, -0.05) is 109 Å². The maximum absolute atomic E-state index is 6.43. The Bertz CT molecular complexity index is 3090. The lowest BCUT2D eigenvalue weighted by molar-refractivity contribution is 0.620. The highest BCUT2D eigenvalue weighted by molar-refractivity contribution is 6.16. The molecule has 12 rings (SSSR count). The topological polar surface area (TPSA) is 39.2 Å². The summed E-state index contributed by atoms with van der Waals surface area (Å²) in [6.07, 6.45) is 0. The Labute approximate surface area is 293 Å². The first-order valence-corrected chi connectivity index (χ1v) is 17.5. The van der Waals surface area contributed by atoms with Gasteiger partial charge in [0, 0.05) is 22.3 Å². The molecule has 0 radical (unpaired) electrons. The minimum absolute atomic E-state index is 0.114. The van der Waals surface area contributed by atoms with Crippen molar-refractivity contribution in [3.8, 4) is 56.0 Å². The van der Waals surface area contributed by atoms with Crippen molar-refractivity contribution in [3.05, 3.63) is 174 Å². The van der Waals surface area contributed by atoms with Gasteiger partial charge in [0.25, 0.3) is 0 Å². The van der Waals surface area contributed by atoms with Crippen LogP contribution in [0.4, 0.5) is 0 Å². The van der Waals surface area contributed by atoms with E-state index in [4.69, 9.17) is 13.8 Å². The average Bonchev–Trinajstić information content (AvgIpc) is 3.86. The lowest BCUT2D eigenvalue weighted by atomic mass is 9.85. The van der Waals surface area contributed by atoms with Crippen LogP contribution in [0.3, 0.4) is 0 Å². The van der Waals surface area contributed by atoms with Crippen molar-refractivity contribution >= 4 is 43.8 Å². The molecule has 2 aliphatic rings. The second-order valence-corrected chi connectivity index (χ2v) is 13.8. The fourth-order valence-corrected chi connectivity index (χ4v) is 8.89. The molecule has 3 nitrogen and oxygen atoms in total. The van der Waals surface area contributed by atoms with Gasteiger partial charge in [-0.25, -0.2) is 4.98 Å². The van der Waals surface area contributed by atoms with E-state index in [0.29, 0.717) is 5.89 Å². The van der Waals surface area contributed by atoms with Gasteiger partial charge in [0.15, 0.2) is 5.58 Å². The molecule has 10 aromatic rings. The Morgan fingerprint density at radius 3 is 2.04 bits per heavy atom. The molecule has 0 saturated carbocycles. The molecule has 0 N–H and O–H groups in total. The lowest BCUT2D eigenvalue weighted by Gasteiger charge is -2.17. The van der Waals surface area contributed by atoms with Crippen LogP contribution in [0, 0.1) is 0 Å². The second-order valence-electron chi connectivity index (χ2n) is 13.8. The molecule has 236 valence electrons. The van der Waals surface area contributed by atoms with Crippen LogP contribution in [0.1, 0.15) is 22.6 Å². The van der Waals surface area contributed by atoms with Crippen LogP contribution in [0.25, 0.3) is 99.8 Å². The average molecular weight is 650 g/mol. The SMILES string of the molecule is c1ccc(-c2nc3ccc(-c4ccc5oc6ccc(C7c8cccc9c8-c8c7ccc7cccc(c87)-c7ccccc7-9)cc6c5c4)cc3o2)cc1. The third-order valence-corrected chi connectivity index (χ3v) is 11.1. The first-order valence-electron chi connectivity index (χ1n) is 17.5. The number of fused-ring (bicyclic) bond motifs is 7. The quantitative estimate of drug-likeness (QED) is 0.191. The molecule has 0 fully saturated rings. The Hall–Kier alpha value is -6.71. The van der Waals surface area contributed by atoms with Gasteiger partial charge in [-0.3, -0.25) is 0 Å². The Morgan fingerprint density at radius 1 is 0.431 bits per heavy atom. The molecular weight excluding hydrogens is 623 g/mol. The third kappa shape index (κ3) is 3.75. The first kappa shape index (κ1) is 27.2. The molecule has 0 saturated heterocycles. The predicted octanol–water partition coefficient (Wildman–Crippen LogP) is 13.0. The highest BCUT2D eigenvalue weighted by atomic mass is 16.3. The molecule has 0 aliphatic heterocycles. The Balaban J connectivity index is 1.03. The van der Waals surface area contributed by atoms with Crippen molar-refractivity contribution in [2.45, 2.75) is 5.92 Å². The number of furan rings is 1. The van der Waals surface area contributed by atoms with Gasteiger partial charge in [0.05, 0.1) is 0 Å². The number of hydrogen-bond acceptors (Lipinski definition) is 3. The third-order valence-electron chi connectivity index (χ3n) is 11.1. The molecule has 0 amide bonds. The summed E-state index contributed by atoms with van der Waals surface area (Å²) in [5.74, 6) is 0.746. The van der Waals surface area contributed by atoms with E-state index in [-0.39, 0.29) is 5.92 Å². The number of benzene rings is 8. The smallest absolute Gasteiger partial charge is 0.227 e. The second kappa shape index (κ2) is 9.93. The fourth-order valence-electron chi connectivity index (χ4n) is 8.89. The van der Waals surface area contributed by atoms with Crippen molar-refractivity contribution in [1.82, 2.24) is 4.98 Å². The molecule has 0 spiro atoms. The molecule has 2 heterocycles. The standard InChI is InChI=1S/C48H27NO2/c1-2-8-28(9-3-1)48-49-40-21-17-30(26-43(40)51-48)29-18-22-41-38(24-29)39-25-31(19-23-42(39)50-41)44-36-15-7-14-35-33-12-5-4-11-32(33)34-13-6-10-27-16-20-37(44)47(45(27)34)46(35)36/h1-26,44H. The van der Waals surface area contributed by atoms with E-state index in [2.05, 4.69) is 121 Å². The zero-order valence-corrected chi connectivity index (χ0v) is 27.4. The molecule has 3 heteroatoms. The number of oxazole rings is 1. The summed E-state index contributed by atoms with van der Waals surface area (Å²) in [5.41, 5.74) is 18.5. The van der Waals surface area contributed by atoms with E-state index in [0.717, 1.165) is 49.7 Å². The molecular formula is C48H27NO2. The summed E-state index contributed by atoms with van der Waals surface area (Å²) < 4.78 is 12.7. The minimum atomic E-state index is 0.114. The molecule has 8 aromatic carbocycles. The van der Waals surface area contributed by atoms with E-state index in [1.807, 2.05) is 36.4 Å². The van der Waals surface area contributed by atoms with E-state index < -0.39 is 0 Å². The van der Waals surface area contributed by atoms with Crippen molar-refractivity contribution in [2.24, 2.45) is 0 Å². The van der Waals surface area contributed by atoms with Crippen LogP contribution < -0.4 is 0 Å². The van der Waals surface area contributed by atoms with Crippen molar-refractivity contribution < 1.29 is 8.83 Å². The number of rotatable bonds is 3. The van der Waals surface area contributed by atoms with E-state index >= 15 is 0 Å². The molecule has 2 aromatic heterocycles. The Morgan fingerprint density at radius 2 is 1.14 bits per heavy atom. The van der Waals surface area contributed by atoms with Crippen LogP contribution in [0.15, 0.2) is 167 Å². The zero-order chi connectivity index (χ0) is 33.2. The minimum Gasteiger partial charge on any atom is -0.456 e. The van der Waals surface area contributed by atoms with Crippen LogP contribution in [-0.2, 0) is 0 Å². The van der Waals surface area contributed by atoms with Crippen LogP contribution in [0.5, 0.6) is 0 Å². The molecule has 2 aliphatic carbocycles. The number of hydrogen-bond donors (Lipinski definition) is 0. The highest BCUT2D eigenvalue weighted by Crippen LogP contribution is 2.58. The molecule has 0 bridgehead atoms. The largest absolute Gasteiger partial charge is 0.456 e. The number of nitrogens with zero attached hydrogens (tertiary/aromatic N) is 1. The van der Waals surface area contributed by atoms with Crippen LogP contribution in [0.2, 0.25) is 0 Å². The molecule has 1 atom stereocenters. The summed E-state index contributed by atoms with van der Waals surface area (Å²) >= 11 is 0. The van der Waals surface area contributed by atoms with Crippen molar-refractivity contribution in [1.29, 1.82) is 0 Å². The van der Waals surface area contributed by atoms with E-state index in [1.54, 1.807) is 0 Å². The summed E-state index contributed by atoms with van der Waals surface area (Å²) in [4.78, 5) is 4.74. The fraction of sp³-hybridized carbons (Fsp3) is 0.0208. The van der Waals surface area contributed by atoms with Crippen molar-refractivity contribution in [3.63, 3.8) is 0 Å². The molecule has 51 heavy (non-hydrogen) atoms. The summed E-state index contributed by atoms with van der Waals surface area (Å²) in [6, 6.07) is 56.8. The zero-order valence-electron chi connectivity index (χ0n) is 27.4. The van der Waals surface area contributed by atoms with Gasteiger partial charge in [0.2, 0.25) is 5.89 Å². The first-order chi connectivity index (χ1) is 25.3. The van der Waals surface area contributed by atoms with Crippen LogP contribution in [-0.4, -0.2) is 4.98 Å². The van der Waals surface area contributed by atoms with Gasteiger partial charge < -0.3 is 8.83 Å². The van der Waals surface area contributed by atoms with Gasteiger partial charge in [0.1, 0.15) is 16.7 Å². The van der Waals surface area contributed by atoms with E-state index in [9.17, 15) is 0 Å². The summed E-state index contributed by atoms with van der Waals surface area (Å²) in [6.45, 7) is 0. The highest BCUT2D eigenvalue weighted by Gasteiger charge is 2.36. The summed E-state index contributed by atoms with van der Waals surface area (Å²) in [7, 11) is 0. The molecule has 1 unspecified atom stereocenters. The predicted molar refractivity (Wildman–Crippen MR) is 207 cm³/mol. The Kier molecular flexibility index (Phi) is 5.29. The van der Waals surface area contributed by atoms with Gasteiger partial charge >= 0.3 is 0 Å².